The van der Waals surface area contributed by atoms with Gasteiger partial charge < -0.3 is 19.5 Å². The van der Waals surface area contributed by atoms with Gasteiger partial charge in [-0.1, -0.05) is 67.8 Å². The number of nitrogens with one attached hydrogen (secondary N) is 1. The molecule has 48 heavy (non-hydrogen) atoms. The van der Waals surface area contributed by atoms with Crippen LogP contribution in [0.25, 0.3) is 16.9 Å². The van der Waals surface area contributed by atoms with Gasteiger partial charge in [0.1, 0.15) is 11.3 Å². The summed E-state index contributed by atoms with van der Waals surface area (Å²) < 4.78 is 8.66. The molecule has 252 valence electrons. The minimum atomic E-state index is -0.344. The lowest BCUT2D eigenvalue weighted by molar-refractivity contribution is -0.119. The summed E-state index contributed by atoms with van der Waals surface area (Å²) in [5.41, 5.74) is 4.87. The summed E-state index contributed by atoms with van der Waals surface area (Å²) in [6, 6.07) is 22.1. The SMILES string of the molecule is COCCN1C[C@@H](CC(=O)Cc2c(C)c(-c3cc(C(=O)NC4CCCCC4)c(=O)n(C)c3)nn2-c2ccccc2)[C@H](c2ccccc2)C1. The van der Waals surface area contributed by atoms with Gasteiger partial charge in [0.25, 0.3) is 11.5 Å². The summed E-state index contributed by atoms with van der Waals surface area (Å²) in [5.74, 6) is 0.281. The lowest BCUT2D eigenvalue weighted by atomic mass is 9.85. The van der Waals surface area contributed by atoms with E-state index in [1.807, 2.05) is 48.0 Å². The molecule has 9 heteroatoms. The first-order chi connectivity index (χ1) is 23.3. The fraction of sp³-hybridized carbons (Fsp3) is 0.436. The third-order valence-electron chi connectivity index (χ3n) is 10.1. The number of ether oxygens (including phenoxy) is 1. The summed E-state index contributed by atoms with van der Waals surface area (Å²) in [6.07, 6.45) is 7.63. The molecule has 0 bridgehead atoms. The van der Waals surface area contributed by atoms with Crippen LogP contribution < -0.4 is 10.9 Å². The molecular weight excluding hydrogens is 602 g/mol. The fourth-order valence-corrected chi connectivity index (χ4v) is 7.51. The molecule has 3 heterocycles. The van der Waals surface area contributed by atoms with Gasteiger partial charge in [0.15, 0.2) is 0 Å². The van der Waals surface area contributed by atoms with Crippen molar-refractivity contribution in [2.24, 2.45) is 13.0 Å². The van der Waals surface area contributed by atoms with Gasteiger partial charge in [-0.3, -0.25) is 14.4 Å². The van der Waals surface area contributed by atoms with Gasteiger partial charge in [-0.05, 0) is 55.0 Å². The van der Waals surface area contributed by atoms with Crippen LogP contribution in [0.3, 0.4) is 0 Å². The van der Waals surface area contributed by atoms with Crippen LogP contribution in [-0.4, -0.2) is 70.3 Å². The normalized spacial score (nSPS) is 18.6. The number of rotatable bonds is 12. The number of para-hydroxylation sites is 1. The van der Waals surface area contributed by atoms with Crippen LogP contribution in [0.15, 0.2) is 77.7 Å². The number of hydrogen-bond acceptors (Lipinski definition) is 6. The third-order valence-corrected chi connectivity index (χ3v) is 10.1. The maximum absolute atomic E-state index is 14.0. The number of hydrogen-bond donors (Lipinski definition) is 1. The second-order valence-corrected chi connectivity index (χ2v) is 13.5. The number of carbonyl (C=O) groups is 2. The molecule has 2 atom stereocenters. The molecular formula is C39H47N5O4. The van der Waals surface area contributed by atoms with Crippen LogP contribution in [0.5, 0.6) is 0 Å². The van der Waals surface area contributed by atoms with Crippen molar-refractivity contribution < 1.29 is 14.3 Å². The van der Waals surface area contributed by atoms with Crippen LogP contribution in [0.4, 0.5) is 0 Å². The number of nitrogens with zero attached hydrogens (tertiary/aromatic N) is 4. The van der Waals surface area contributed by atoms with Crippen LogP contribution in [-0.2, 0) is 23.0 Å². The van der Waals surface area contributed by atoms with Crippen molar-refractivity contribution in [3.63, 3.8) is 0 Å². The quantitative estimate of drug-likeness (QED) is 0.219. The first kappa shape index (κ1) is 33.6. The van der Waals surface area contributed by atoms with Crippen LogP contribution in [0.2, 0.25) is 0 Å². The highest BCUT2D eigenvalue weighted by atomic mass is 16.5. The lowest BCUT2D eigenvalue weighted by Gasteiger charge is -2.22. The van der Waals surface area contributed by atoms with Crippen molar-refractivity contribution in [1.29, 1.82) is 0 Å². The highest BCUT2D eigenvalue weighted by molar-refractivity contribution is 5.95. The highest BCUT2D eigenvalue weighted by Crippen LogP contribution is 2.36. The zero-order valence-corrected chi connectivity index (χ0v) is 28.4. The number of carbonyl (C=O) groups excluding carboxylic acids is 2. The Kier molecular flexibility index (Phi) is 10.7. The smallest absolute Gasteiger partial charge is 0.263 e. The number of amides is 1. The van der Waals surface area contributed by atoms with Gasteiger partial charge in [0, 0.05) is 70.4 Å². The summed E-state index contributed by atoms with van der Waals surface area (Å²) in [5, 5.41) is 8.12. The summed E-state index contributed by atoms with van der Waals surface area (Å²) in [4.78, 5) is 42.9. The summed E-state index contributed by atoms with van der Waals surface area (Å²) in [6.45, 7) is 5.23. The number of aromatic nitrogens is 3. The third kappa shape index (κ3) is 7.53. The molecule has 4 aromatic rings. The number of aryl methyl sites for hydroxylation is 1. The number of pyridine rings is 1. The topological polar surface area (TPSA) is 98.5 Å². The molecule has 1 aliphatic carbocycles. The van der Waals surface area contributed by atoms with Gasteiger partial charge in [-0.25, -0.2) is 4.68 Å². The minimum Gasteiger partial charge on any atom is -0.383 e. The average molecular weight is 650 g/mol. The number of methoxy groups -OCH3 is 1. The summed E-state index contributed by atoms with van der Waals surface area (Å²) in [7, 11) is 3.39. The maximum atomic E-state index is 14.0. The molecule has 6 rings (SSSR count). The number of benzene rings is 2. The number of Topliss-reactive ketones (excluding diaryl/α,β-unsaturated/α-hetero) is 1. The first-order valence-electron chi connectivity index (χ1n) is 17.3. The maximum Gasteiger partial charge on any atom is 0.263 e. The van der Waals surface area contributed by atoms with E-state index in [2.05, 4.69) is 34.5 Å². The monoisotopic (exact) mass is 649 g/mol. The molecule has 0 unspecified atom stereocenters. The number of likely N-dealkylation sites (tertiary alicyclic amines) is 1. The molecule has 1 saturated heterocycles. The predicted octanol–water partition coefficient (Wildman–Crippen LogP) is 5.47. The van der Waals surface area contributed by atoms with E-state index in [0.29, 0.717) is 24.3 Å². The van der Waals surface area contributed by atoms with Crippen LogP contribution >= 0.6 is 0 Å². The largest absolute Gasteiger partial charge is 0.383 e. The standard InChI is InChI=1S/C39H47N5O4/c1-27-36(23-33(45)21-29-25-43(19-20-48-3)26-35(29)28-13-7-4-8-14-28)44(32-17-11-6-12-18-32)41-37(27)30-22-34(39(47)42(2)24-30)38(46)40-31-15-9-5-10-16-31/h4,6-8,11-14,17-18,22,24,29,31,35H,5,9-10,15-16,19-21,23,25-26H2,1-3H3,(H,40,46)/t29-,35+/m1/s1. The van der Waals surface area contributed by atoms with Gasteiger partial charge in [0.05, 0.1) is 23.7 Å². The molecule has 2 aromatic carbocycles. The van der Waals surface area contributed by atoms with Crippen LogP contribution in [0.1, 0.15) is 71.6 Å². The molecule has 1 aliphatic heterocycles. The Morgan fingerprint density at radius 3 is 2.40 bits per heavy atom. The second kappa shape index (κ2) is 15.3. The average Bonchev–Trinajstić information content (AvgIpc) is 3.66. The minimum absolute atomic E-state index is 0.0877. The Bertz CT molecular complexity index is 1780. The van der Waals surface area contributed by atoms with Crippen LogP contribution in [0, 0.1) is 12.8 Å². The lowest BCUT2D eigenvalue weighted by Crippen LogP contribution is -2.39. The Morgan fingerprint density at radius 2 is 1.69 bits per heavy atom. The molecule has 2 aliphatic rings. The van der Waals surface area contributed by atoms with Gasteiger partial charge in [-0.15, -0.1) is 0 Å². The molecule has 1 amide bonds. The van der Waals surface area contributed by atoms with E-state index in [4.69, 9.17) is 9.84 Å². The fourth-order valence-electron chi connectivity index (χ4n) is 7.51. The zero-order chi connectivity index (χ0) is 33.6. The molecule has 0 spiro atoms. The zero-order valence-electron chi connectivity index (χ0n) is 28.4. The van der Waals surface area contributed by atoms with E-state index in [0.717, 1.165) is 62.3 Å². The Morgan fingerprint density at radius 1 is 0.979 bits per heavy atom. The van der Waals surface area contributed by atoms with Gasteiger partial charge in [-0.2, -0.15) is 5.10 Å². The van der Waals surface area contributed by atoms with Gasteiger partial charge in [0.2, 0.25) is 0 Å². The summed E-state index contributed by atoms with van der Waals surface area (Å²) >= 11 is 0. The molecule has 2 aromatic heterocycles. The second-order valence-electron chi connectivity index (χ2n) is 13.5. The first-order valence-corrected chi connectivity index (χ1v) is 17.3. The molecule has 0 radical (unpaired) electrons. The van der Waals surface area contributed by atoms with E-state index in [9.17, 15) is 14.4 Å². The van der Waals surface area contributed by atoms with Crippen molar-refractivity contribution >= 4 is 11.7 Å². The van der Waals surface area contributed by atoms with E-state index in [1.54, 1.807) is 26.4 Å². The van der Waals surface area contributed by atoms with Crippen molar-refractivity contribution in [3.8, 4) is 16.9 Å². The van der Waals surface area contributed by atoms with E-state index >= 15 is 0 Å². The van der Waals surface area contributed by atoms with E-state index in [1.165, 1.54) is 16.6 Å². The van der Waals surface area contributed by atoms with E-state index < -0.39 is 0 Å². The van der Waals surface area contributed by atoms with E-state index in [-0.39, 0.29) is 47.1 Å². The molecule has 2 fully saturated rings. The molecule has 9 nitrogen and oxygen atoms in total. The van der Waals surface area contributed by atoms with Gasteiger partial charge >= 0.3 is 0 Å². The molecule has 1 N–H and O–H groups in total. The Balaban J connectivity index is 1.30. The molecule has 1 saturated carbocycles. The number of ketones is 1. The Hall–Kier alpha value is -4.34. The van der Waals surface area contributed by atoms with Crippen molar-refractivity contribution in [1.82, 2.24) is 24.6 Å². The van der Waals surface area contributed by atoms with Crippen molar-refractivity contribution in [3.05, 3.63) is 106 Å². The highest BCUT2D eigenvalue weighted by Gasteiger charge is 2.35. The van der Waals surface area contributed by atoms with Crippen molar-refractivity contribution in [2.45, 2.75) is 63.8 Å². The Labute approximate surface area is 282 Å². The van der Waals surface area contributed by atoms with Crippen molar-refractivity contribution in [2.75, 3.05) is 33.4 Å². The predicted molar refractivity (Wildman–Crippen MR) is 188 cm³/mol.